The van der Waals surface area contributed by atoms with Gasteiger partial charge < -0.3 is 4.90 Å². The first-order chi connectivity index (χ1) is 13.8. The van der Waals surface area contributed by atoms with Gasteiger partial charge in [-0.25, -0.2) is 4.68 Å². The molecular weight excluding hydrogens is 370 g/mol. The molecule has 3 aromatic rings. The van der Waals surface area contributed by atoms with Crippen LogP contribution in [0.3, 0.4) is 0 Å². The minimum Gasteiger partial charge on any atom is -0.369 e. The highest BCUT2D eigenvalue weighted by atomic mass is 32.1. The van der Waals surface area contributed by atoms with E-state index in [0.717, 1.165) is 49.0 Å². The van der Waals surface area contributed by atoms with Crippen LogP contribution in [0.4, 0.5) is 5.69 Å². The Balaban J connectivity index is 1.33. The van der Waals surface area contributed by atoms with Crippen molar-refractivity contribution in [3.8, 4) is 11.4 Å². The van der Waals surface area contributed by atoms with Gasteiger partial charge in [0.05, 0.1) is 6.67 Å². The van der Waals surface area contributed by atoms with Gasteiger partial charge in [0.1, 0.15) is 0 Å². The Hall–Kier alpha value is -2.58. The summed E-state index contributed by atoms with van der Waals surface area (Å²) in [6, 6.07) is 8.66. The van der Waals surface area contributed by atoms with E-state index < -0.39 is 0 Å². The maximum atomic E-state index is 5.80. The van der Waals surface area contributed by atoms with Crippen LogP contribution >= 0.6 is 12.2 Å². The molecule has 0 unspecified atom stereocenters. The summed E-state index contributed by atoms with van der Waals surface area (Å²) in [5, 5.41) is 4.90. The Labute approximate surface area is 169 Å². The van der Waals surface area contributed by atoms with Gasteiger partial charge in [-0.15, -0.1) is 0 Å². The number of hydrogen-bond acceptors (Lipinski definition) is 6. The standard InChI is InChI=1S/C20H23N7S/c28-20-26(15-24-11-13-25(14-12-24)17-5-9-22-10-6-17)23-19(27(20)18-1-2-18)16-3-7-21-8-4-16/h3-10,18H,1-2,11-15H2. The average molecular weight is 394 g/mol. The highest BCUT2D eigenvalue weighted by Crippen LogP contribution is 2.38. The molecule has 28 heavy (non-hydrogen) atoms. The van der Waals surface area contributed by atoms with E-state index in [1.807, 2.05) is 41.6 Å². The van der Waals surface area contributed by atoms with Crippen molar-refractivity contribution in [3.63, 3.8) is 0 Å². The number of anilines is 1. The van der Waals surface area contributed by atoms with Gasteiger partial charge in [-0.2, -0.15) is 5.10 Å². The van der Waals surface area contributed by atoms with Crippen molar-refractivity contribution >= 4 is 17.9 Å². The molecule has 144 valence electrons. The lowest BCUT2D eigenvalue weighted by Crippen LogP contribution is -2.47. The summed E-state index contributed by atoms with van der Waals surface area (Å²) in [7, 11) is 0. The molecule has 4 heterocycles. The summed E-state index contributed by atoms with van der Waals surface area (Å²) in [6.07, 6.45) is 9.70. The van der Waals surface area contributed by atoms with Crippen molar-refractivity contribution in [2.75, 3.05) is 31.1 Å². The maximum Gasteiger partial charge on any atom is 0.199 e. The zero-order chi connectivity index (χ0) is 18.9. The van der Waals surface area contributed by atoms with Gasteiger partial charge in [-0.3, -0.25) is 19.4 Å². The Morgan fingerprint density at radius 1 is 0.893 bits per heavy atom. The van der Waals surface area contributed by atoms with E-state index in [0.29, 0.717) is 6.04 Å². The maximum absolute atomic E-state index is 5.80. The molecule has 1 aliphatic heterocycles. The quantitative estimate of drug-likeness (QED) is 0.621. The lowest BCUT2D eigenvalue weighted by Gasteiger charge is -2.35. The first-order valence-corrected chi connectivity index (χ1v) is 10.2. The molecule has 5 rings (SSSR count). The van der Waals surface area contributed by atoms with E-state index in [1.54, 1.807) is 0 Å². The molecule has 0 atom stereocenters. The molecule has 1 aliphatic carbocycles. The molecular formula is C20H23N7S. The SMILES string of the molecule is S=c1n(CN2CCN(c3ccncc3)CC2)nc(-c2ccncc2)n1C1CC1. The van der Waals surface area contributed by atoms with E-state index in [2.05, 4.69) is 36.5 Å². The van der Waals surface area contributed by atoms with Gasteiger partial charge in [0.25, 0.3) is 0 Å². The number of rotatable bonds is 5. The highest BCUT2D eigenvalue weighted by molar-refractivity contribution is 7.71. The Kier molecular flexibility index (Phi) is 4.66. The molecule has 0 N–H and O–H groups in total. The van der Waals surface area contributed by atoms with Crippen LogP contribution in [-0.4, -0.2) is 55.4 Å². The lowest BCUT2D eigenvalue weighted by atomic mass is 10.2. The topological polar surface area (TPSA) is 55.0 Å². The van der Waals surface area contributed by atoms with Gasteiger partial charge in [-0.05, 0) is 49.3 Å². The lowest BCUT2D eigenvalue weighted by molar-refractivity contribution is 0.194. The summed E-state index contributed by atoms with van der Waals surface area (Å²) in [4.78, 5) is 13.1. The molecule has 2 aliphatic rings. The molecule has 3 aromatic heterocycles. The largest absolute Gasteiger partial charge is 0.369 e. The molecule has 0 radical (unpaired) electrons. The fourth-order valence-corrected chi connectivity index (χ4v) is 4.10. The molecule has 1 saturated carbocycles. The number of nitrogens with zero attached hydrogens (tertiary/aromatic N) is 7. The van der Waals surface area contributed by atoms with Crippen molar-refractivity contribution in [3.05, 3.63) is 53.8 Å². The predicted molar refractivity (Wildman–Crippen MR) is 111 cm³/mol. The second kappa shape index (κ2) is 7.44. The number of aromatic nitrogens is 5. The van der Waals surface area contributed by atoms with E-state index in [1.165, 1.54) is 18.5 Å². The van der Waals surface area contributed by atoms with Crippen LogP contribution in [-0.2, 0) is 6.67 Å². The second-order valence-corrected chi connectivity index (χ2v) is 7.76. The zero-order valence-corrected chi connectivity index (χ0v) is 16.5. The summed E-state index contributed by atoms with van der Waals surface area (Å²) in [5.74, 6) is 0.963. The van der Waals surface area contributed by atoms with Crippen molar-refractivity contribution in [2.45, 2.75) is 25.6 Å². The monoisotopic (exact) mass is 393 g/mol. The van der Waals surface area contributed by atoms with E-state index in [9.17, 15) is 0 Å². The van der Waals surface area contributed by atoms with Crippen LogP contribution in [0.25, 0.3) is 11.4 Å². The molecule has 0 aromatic carbocycles. The molecule has 0 spiro atoms. The first-order valence-electron chi connectivity index (χ1n) is 9.77. The first kappa shape index (κ1) is 17.5. The third-order valence-corrected chi connectivity index (χ3v) is 5.86. The van der Waals surface area contributed by atoms with Crippen LogP contribution in [0.2, 0.25) is 0 Å². The molecule has 0 bridgehead atoms. The summed E-state index contributed by atoms with van der Waals surface area (Å²) >= 11 is 5.80. The number of pyridine rings is 2. The Morgan fingerprint density at radius 3 is 2.18 bits per heavy atom. The molecule has 2 fully saturated rings. The average Bonchev–Trinajstić information content (AvgIpc) is 3.54. The van der Waals surface area contributed by atoms with E-state index in [4.69, 9.17) is 17.3 Å². The van der Waals surface area contributed by atoms with Crippen LogP contribution in [0.5, 0.6) is 0 Å². The fourth-order valence-electron chi connectivity index (χ4n) is 3.76. The minimum atomic E-state index is 0.493. The zero-order valence-electron chi connectivity index (χ0n) is 15.7. The van der Waals surface area contributed by atoms with Crippen LogP contribution < -0.4 is 4.90 Å². The van der Waals surface area contributed by atoms with Gasteiger partial charge in [0, 0.05) is 68.3 Å². The van der Waals surface area contributed by atoms with E-state index >= 15 is 0 Å². The van der Waals surface area contributed by atoms with Crippen molar-refractivity contribution < 1.29 is 0 Å². The molecule has 1 saturated heterocycles. The van der Waals surface area contributed by atoms with Crippen molar-refractivity contribution in [2.24, 2.45) is 0 Å². The molecule has 0 amide bonds. The number of piperazine rings is 1. The summed E-state index contributed by atoms with van der Waals surface area (Å²) in [5.41, 5.74) is 2.32. The van der Waals surface area contributed by atoms with Crippen LogP contribution in [0, 0.1) is 4.77 Å². The highest BCUT2D eigenvalue weighted by Gasteiger charge is 2.29. The van der Waals surface area contributed by atoms with Gasteiger partial charge in [-0.1, -0.05) is 0 Å². The Bertz CT molecular complexity index is 986. The summed E-state index contributed by atoms with van der Waals surface area (Å²) < 4.78 is 5.05. The summed E-state index contributed by atoms with van der Waals surface area (Å²) in [6.45, 7) is 4.71. The second-order valence-electron chi connectivity index (χ2n) is 7.39. The number of hydrogen-bond donors (Lipinski definition) is 0. The van der Waals surface area contributed by atoms with Crippen molar-refractivity contribution in [1.82, 2.24) is 29.2 Å². The van der Waals surface area contributed by atoms with Crippen molar-refractivity contribution in [1.29, 1.82) is 0 Å². The minimum absolute atomic E-state index is 0.493. The van der Waals surface area contributed by atoms with Gasteiger partial charge >= 0.3 is 0 Å². The Morgan fingerprint density at radius 2 is 1.54 bits per heavy atom. The third-order valence-electron chi connectivity index (χ3n) is 5.46. The van der Waals surface area contributed by atoms with Gasteiger partial charge in [0.15, 0.2) is 10.6 Å². The third kappa shape index (κ3) is 3.45. The van der Waals surface area contributed by atoms with E-state index in [-0.39, 0.29) is 0 Å². The molecule has 8 heteroatoms. The van der Waals surface area contributed by atoms with Gasteiger partial charge in [0.2, 0.25) is 0 Å². The van der Waals surface area contributed by atoms with Crippen LogP contribution in [0.15, 0.2) is 49.1 Å². The molecule has 7 nitrogen and oxygen atoms in total. The predicted octanol–water partition coefficient (Wildman–Crippen LogP) is 2.99. The van der Waals surface area contributed by atoms with Crippen LogP contribution in [0.1, 0.15) is 18.9 Å². The smallest absolute Gasteiger partial charge is 0.199 e. The fraction of sp³-hybridized carbons (Fsp3) is 0.400. The normalized spacial score (nSPS) is 17.8.